The van der Waals surface area contributed by atoms with Gasteiger partial charge in [0.2, 0.25) is 5.91 Å². The molecule has 1 rings (SSSR count). The number of carbonyl (C=O) groups is 1. The van der Waals surface area contributed by atoms with Crippen LogP contribution in [0.2, 0.25) is 0 Å². The van der Waals surface area contributed by atoms with Gasteiger partial charge in [0.15, 0.2) is 0 Å². The number of hydroxylamine groups is 2. The van der Waals surface area contributed by atoms with Crippen LogP contribution in [0.15, 0.2) is 0 Å². The minimum atomic E-state index is 0.0317. The second-order valence-electron chi connectivity index (χ2n) is 2.44. The molecule has 1 fully saturated rings. The molecule has 0 aromatic rings. The Morgan fingerprint density at radius 2 is 2.50 bits per heavy atom. The van der Waals surface area contributed by atoms with Gasteiger partial charge in [0.25, 0.3) is 0 Å². The molecule has 1 aliphatic heterocycles. The third-order valence-electron chi connectivity index (χ3n) is 1.63. The Kier molecular flexibility index (Phi) is 2.24. The van der Waals surface area contributed by atoms with Gasteiger partial charge in [-0.2, -0.15) is 0 Å². The van der Waals surface area contributed by atoms with Crippen LogP contribution in [-0.4, -0.2) is 30.7 Å². The van der Waals surface area contributed by atoms with E-state index < -0.39 is 0 Å². The lowest BCUT2D eigenvalue weighted by Crippen LogP contribution is -2.45. The van der Waals surface area contributed by atoms with Gasteiger partial charge in [0, 0.05) is 12.5 Å². The zero-order valence-electron chi connectivity index (χ0n) is 6.04. The zero-order valence-corrected chi connectivity index (χ0v) is 6.04. The molecule has 10 heavy (non-hydrogen) atoms. The molecular formula is C6H12N2O2. The van der Waals surface area contributed by atoms with Gasteiger partial charge in [-0.25, -0.2) is 5.06 Å². The van der Waals surface area contributed by atoms with Crippen LogP contribution in [0.1, 0.15) is 12.8 Å². The van der Waals surface area contributed by atoms with Crippen molar-refractivity contribution in [2.45, 2.75) is 18.9 Å². The van der Waals surface area contributed by atoms with Gasteiger partial charge in [-0.1, -0.05) is 0 Å². The summed E-state index contributed by atoms with van der Waals surface area (Å²) in [4.78, 5) is 15.7. The van der Waals surface area contributed by atoms with Crippen LogP contribution in [0.4, 0.5) is 0 Å². The van der Waals surface area contributed by atoms with Crippen LogP contribution < -0.4 is 5.73 Å². The Labute approximate surface area is 59.9 Å². The van der Waals surface area contributed by atoms with Crippen molar-refractivity contribution in [2.75, 3.05) is 13.7 Å². The highest BCUT2D eigenvalue weighted by Crippen LogP contribution is 2.08. The summed E-state index contributed by atoms with van der Waals surface area (Å²) in [6, 6.07) is 0.0812. The SMILES string of the molecule is CON1CC(N)CCC1=O. The number of piperidine rings is 1. The largest absolute Gasteiger partial charge is 0.326 e. The van der Waals surface area contributed by atoms with E-state index in [-0.39, 0.29) is 11.9 Å². The van der Waals surface area contributed by atoms with E-state index in [1.165, 1.54) is 12.2 Å². The maximum Gasteiger partial charge on any atom is 0.246 e. The predicted molar refractivity (Wildman–Crippen MR) is 35.9 cm³/mol. The summed E-state index contributed by atoms with van der Waals surface area (Å²) in [5.74, 6) is 0.0317. The number of nitrogens with zero attached hydrogens (tertiary/aromatic N) is 1. The first-order chi connectivity index (χ1) is 4.74. The fraction of sp³-hybridized carbons (Fsp3) is 0.833. The van der Waals surface area contributed by atoms with Crippen molar-refractivity contribution in [3.05, 3.63) is 0 Å². The highest BCUT2D eigenvalue weighted by molar-refractivity contribution is 5.75. The Balaban J connectivity index is 2.45. The summed E-state index contributed by atoms with van der Waals surface area (Å²) in [5.41, 5.74) is 5.59. The van der Waals surface area contributed by atoms with Gasteiger partial charge in [-0.05, 0) is 6.42 Å². The number of amides is 1. The van der Waals surface area contributed by atoms with Gasteiger partial charge in [-0.15, -0.1) is 0 Å². The molecule has 0 aromatic carbocycles. The molecule has 0 saturated carbocycles. The monoisotopic (exact) mass is 144 g/mol. The topological polar surface area (TPSA) is 55.6 Å². The molecule has 1 atom stereocenters. The fourth-order valence-electron chi connectivity index (χ4n) is 1.02. The lowest BCUT2D eigenvalue weighted by molar-refractivity contribution is -0.182. The average Bonchev–Trinajstić information content (AvgIpc) is 1.94. The number of nitrogens with two attached hydrogens (primary N) is 1. The van der Waals surface area contributed by atoms with Gasteiger partial charge < -0.3 is 5.73 Å². The van der Waals surface area contributed by atoms with Crippen molar-refractivity contribution in [1.29, 1.82) is 0 Å². The summed E-state index contributed by atoms with van der Waals surface area (Å²) in [5, 5.41) is 1.31. The molecule has 58 valence electrons. The molecule has 0 spiro atoms. The normalized spacial score (nSPS) is 27.2. The summed E-state index contributed by atoms with van der Waals surface area (Å²) < 4.78 is 0. The fourth-order valence-corrected chi connectivity index (χ4v) is 1.02. The van der Waals surface area contributed by atoms with Gasteiger partial charge in [0.1, 0.15) is 0 Å². The van der Waals surface area contributed by atoms with Crippen molar-refractivity contribution in [1.82, 2.24) is 5.06 Å². The first-order valence-electron chi connectivity index (χ1n) is 3.34. The molecule has 0 bridgehead atoms. The van der Waals surface area contributed by atoms with Crippen molar-refractivity contribution < 1.29 is 9.63 Å². The summed E-state index contributed by atoms with van der Waals surface area (Å²) >= 11 is 0. The van der Waals surface area contributed by atoms with Crippen molar-refractivity contribution in [3.63, 3.8) is 0 Å². The number of rotatable bonds is 1. The van der Waals surface area contributed by atoms with E-state index in [0.29, 0.717) is 13.0 Å². The van der Waals surface area contributed by atoms with Gasteiger partial charge in [0.05, 0.1) is 13.7 Å². The molecule has 1 unspecified atom stereocenters. The maximum absolute atomic E-state index is 10.9. The van der Waals surface area contributed by atoms with Crippen LogP contribution in [-0.2, 0) is 9.63 Å². The molecule has 1 saturated heterocycles. The molecule has 4 heteroatoms. The predicted octanol–water partition coefficient (Wildman–Crippen LogP) is -0.503. The molecule has 1 heterocycles. The quantitative estimate of drug-likeness (QED) is 0.539. The molecular weight excluding hydrogens is 132 g/mol. The summed E-state index contributed by atoms with van der Waals surface area (Å²) in [6.45, 7) is 0.523. The maximum atomic E-state index is 10.9. The highest BCUT2D eigenvalue weighted by atomic mass is 16.7. The minimum Gasteiger partial charge on any atom is -0.326 e. The third kappa shape index (κ3) is 1.46. The van der Waals surface area contributed by atoms with E-state index in [1.807, 2.05) is 0 Å². The van der Waals surface area contributed by atoms with Gasteiger partial charge >= 0.3 is 0 Å². The lowest BCUT2D eigenvalue weighted by atomic mass is 10.1. The van der Waals surface area contributed by atoms with Crippen LogP contribution in [0.5, 0.6) is 0 Å². The Morgan fingerprint density at radius 3 is 3.00 bits per heavy atom. The van der Waals surface area contributed by atoms with E-state index in [0.717, 1.165) is 6.42 Å². The molecule has 0 aliphatic carbocycles. The van der Waals surface area contributed by atoms with E-state index >= 15 is 0 Å². The highest BCUT2D eigenvalue weighted by Gasteiger charge is 2.22. The van der Waals surface area contributed by atoms with Crippen molar-refractivity contribution >= 4 is 5.91 Å². The summed E-state index contributed by atoms with van der Waals surface area (Å²) in [7, 11) is 1.48. The van der Waals surface area contributed by atoms with E-state index in [1.54, 1.807) is 0 Å². The Hall–Kier alpha value is -0.610. The van der Waals surface area contributed by atoms with Crippen molar-refractivity contribution in [2.24, 2.45) is 5.73 Å². The Morgan fingerprint density at radius 1 is 1.80 bits per heavy atom. The smallest absolute Gasteiger partial charge is 0.246 e. The number of hydrogen-bond donors (Lipinski definition) is 1. The lowest BCUT2D eigenvalue weighted by Gasteiger charge is -2.27. The van der Waals surface area contributed by atoms with E-state index in [2.05, 4.69) is 0 Å². The van der Waals surface area contributed by atoms with E-state index in [9.17, 15) is 4.79 Å². The van der Waals surface area contributed by atoms with E-state index in [4.69, 9.17) is 10.6 Å². The number of hydrogen-bond acceptors (Lipinski definition) is 3. The molecule has 1 amide bonds. The minimum absolute atomic E-state index is 0.0317. The first-order valence-corrected chi connectivity index (χ1v) is 3.34. The second-order valence-corrected chi connectivity index (χ2v) is 2.44. The molecule has 0 aromatic heterocycles. The molecule has 0 radical (unpaired) electrons. The Bertz CT molecular complexity index is 138. The number of carbonyl (C=O) groups excluding carboxylic acids is 1. The second kappa shape index (κ2) is 2.98. The third-order valence-corrected chi connectivity index (χ3v) is 1.63. The molecule has 4 nitrogen and oxygen atoms in total. The van der Waals surface area contributed by atoms with Crippen LogP contribution in [0.25, 0.3) is 0 Å². The molecule has 1 aliphatic rings. The molecule has 2 N–H and O–H groups in total. The van der Waals surface area contributed by atoms with Crippen LogP contribution >= 0.6 is 0 Å². The average molecular weight is 144 g/mol. The first kappa shape index (κ1) is 7.50. The zero-order chi connectivity index (χ0) is 7.56. The van der Waals surface area contributed by atoms with Crippen molar-refractivity contribution in [3.8, 4) is 0 Å². The summed E-state index contributed by atoms with van der Waals surface area (Å²) in [6.07, 6.45) is 1.29. The standard InChI is InChI=1S/C6H12N2O2/c1-10-8-4-5(7)2-3-6(8)9/h5H,2-4,7H2,1H3. The van der Waals surface area contributed by atoms with Crippen LogP contribution in [0.3, 0.4) is 0 Å². The van der Waals surface area contributed by atoms with Gasteiger partial charge in [-0.3, -0.25) is 9.63 Å². The van der Waals surface area contributed by atoms with Crippen LogP contribution in [0, 0.1) is 0 Å².